The van der Waals surface area contributed by atoms with Crippen molar-refractivity contribution in [3.05, 3.63) is 60.2 Å². The summed E-state index contributed by atoms with van der Waals surface area (Å²) in [6, 6.07) is 8.38. The van der Waals surface area contributed by atoms with Gasteiger partial charge < -0.3 is 25.3 Å². The second kappa shape index (κ2) is 21.0. The van der Waals surface area contributed by atoms with Crippen LogP contribution < -0.4 is 16.0 Å². The molecule has 0 saturated carbocycles. The maximum Gasteiger partial charge on any atom is 0.475 e. The van der Waals surface area contributed by atoms with Crippen LogP contribution in [0.2, 0.25) is 0 Å². The van der Waals surface area contributed by atoms with E-state index < -0.39 is 42.8 Å². The number of carbonyl (C=O) groups is 4. The summed E-state index contributed by atoms with van der Waals surface area (Å²) in [5.74, 6) is -2.52. The maximum atomic E-state index is 14.0. The van der Waals surface area contributed by atoms with E-state index in [9.17, 15) is 19.2 Å². The lowest BCUT2D eigenvalue weighted by atomic mass is 9.66. The highest BCUT2D eigenvalue weighted by Crippen LogP contribution is 2.16. The molecule has 3 N–H and O–H groups in total. The number of aromatic nitrogens is 2. The molecule has 1 aromatic heterocycles. The van der Waals surface area contributed by atoms with E-state index in [1.807, 2.05) is 51.2 Å². The molecule has 2 atom stereocenters. The molecule has 0 aliphatic heterocycles. The Bertz CT molecular complexity index is 1170. The Hall–Kier alpha value is -3.84. The Morgan fingerprint density at radius 2 is 1.71 bits per heavy atom. The third-order valence-corrected chi connectivity index (χ3v) is 7.18. The summed E-state index contributed by atoms with van der Waals surface area (Å²) in [7, 11) is 2.29. The van der Waals surface area contributed by atoms with Gasteiger partial charge in [-0.25, -0.2) is 4.98 Å². The first kappa shape index (κ1) is 37.4. The minimum Gasteiger partial charge on any atom is -0.518 e. The van der Waals surface area contributed by atoms with Crippen LogP contribution in [0.15, 0.2) is 48.9 Å². The van der Waals surface area contributed by atoms with Crippen LogP contribution in [0.1, 0.15) is 75.3 Å². The fourth-order valence-electron chi connectivity index (χ4n) is 4.87. The second-order valence-electron chi connectivity index (χ2n) is 11.3. The third-order valence-electron chi connectivity index (χ3n) is 7.18. The largest absolute Gasteiger partial charge is 0.518 e. The molecular weight excluding hydrogens is 575 g/mol. The van der Waals surface area contributed by atoms with Crippen LogP contribution >= 0.6 is 0 Å². The molecule has 45 heavy (non-hydrogen) atoms. The lowest BCUT2D eigenvalue weighted by Gasteiger charge is -2.34. The summed E-state index contributed by atoms with van der Waals surface area (Å²) >= 11 is 0. The number of esters is 1. The molecule has 0 radical (unpaired) electrons. The highest BCUT2D eigenvalue weighted by Gasteiger charge is 2.41. The second-order valence-corrected chi connectivity index (χ2v) is 11.3. The van der Waals surface area contributed by atoms with Gasteiger partial charge in [0.25, 0.3) is 11.9 Å². The number of hydrogen-bond acceptors (Lipinski definition) is 10. The van der Waals surface area contributed by atoms with Crippen molar-refractivity contribution in [3.63, 3.8) is 0 Å². The molecule has 0 unspecified atom stereocenters. The minimum absolute atomic E-state index is 0.0795. The van der Waals surface area contributed by atoms with E-state index in [1.165, 1.54) is 25.7 Å². The zero-order valence-electron chi connectivity index (χ0n) is 27.3. The molecule has 0 fully saturated rings. The van der Waals surface area contributed by atoms with Crippen LogP contribution in [0.25, 0.3) is 0 Å². The molecule has 246 valence electrons. The highest BCUT2D eigenvalue weighted by atomic mass is 16.5. The molecule has 12 nitrogen and oxygen atoms in total. The van der Waals surface area contributed by atoms with Crippen LogP contribution in [-0.4, -0.2) is 91.4 Å². The summed E-state index contributed by atoms with van der Waals surface area (Å²) in [4.78, 5) is 62.1. The smallest absolute Gasteiger partial charge is 0.475 e. The number of nitrogens with zero attached hydrogens (tertiary/aromatic N) is 3. The lowest BCUT2D eigenvalue weighted by Crippen LogP contribution is -2.62. The number of carbonyl (C=O) groups excluding carboxylic acids is 4. The van der Waals surface area contributed by atoms with Gasteiger partial charge in [0.1, 0.15) is 11.7 Å². The van der Waals surface area contributed by atoms with E-state index in [1.54, 1.807) is 11.7 Å². The van der Waals surface area contributed by atoms with Crippen molar-refractivity contribution in [3.8, 4) is 0 Å². The van der Waals surface area contributed by atoms with Crippen LogP contribution in [0.5, 0.6) is 0 Å². The Balaban J connectivity index is 2.39. The number of amides is 2. The average molecular weight is 625 g/mol. The first-order chi connectivity index (χ1) is 21.7. The van der Waals surface area contributed by atoms with Gasteiger partial charge >= 0.3 is 13.0 Å². The number of nitrogens with one attached hydrogen (secondary N) is 3. The van der Waals surface area contributed by atoms with Crippen molar-refractivity contribution in [1.29, 1.82) is 0 Å². The van der Waals surface area contributed by atoms with Gasteiger partial charge in [-0.1, -0.05) is 63.9 Å². The lowest BCUT2D eigenvalue weighted by molar-refractivity contribution is -0.142. The Morgan fingerprint density at radius 1 is 0.978 bits per heavy atom. The summed E-state index contributed by atoms with van der Waals surface area (Å²) in [5.41, 5.74) is 0.924. The molecule has 1 heterocycles. The summed E-state index contributed by atoms with van der Waals surface area (Å²) in [6.07, 6.45) is 8.69. The maximum absolute atomic E-state index is 14.0. The van der Waals surface area contributed by atoms with Crippen molar-refractivity contribution in [1.82, 2.24) is 30.7 Å². The van der Waals surface area contributed by atoms with E-state index in [2.05, 4.69) is 25.9 Å². The number of rotatable bonds is 21. The van der Waals surface area contributed by atoms with Gasteiger partial charge in [0, 0.05) is 25.2 Å². The fraction of sp³-hybridized carbons (Fsp3) is 0.562. The molecule has 0 spiro atoms. The molecule has 0 bridgehead atoms. The van der Waals surface area contributed by atoms with E-state index in [4.69, 9.17) is 9.39 Å². The van der Waals surface area contributed by atoms with Crippen molar-refractivity contribution in [2.45, 2.75) is 77.7 Å². The molecule has 0 saturated heterocycles. The summed E-state index contributed by atoms with van der Waals surface area (Å²) in [6.45, 7) is 6.96. The van der Waals surface area contributed by atoms with E-state index >= 15 is 0 Å². The number of hydrogen-bond donors (Lipinski definition) is 3. The topological polar surface area (TPSA) is 152 Å². The molecule has 1 aromatic carbocycles. The van der Waals surface area contributed by atoms with Gasteiger partial charge in [-0.05, 0) is 50.9 Å². The monoisotopic (exact) mass is 624 g/mol. The van der Waals surface area contributed by atoms with E-state index in [0.717, 1.165) is 37.8 Å². The zero-order chi connectivity index (χ0) is 33.0. The number of unbranched alkanes of at least 4 members (excludes halogenated alkanes) is 3. The Morgan fingerprint density at radius 3 is 2.33 bits per heavy atom. The number of ether oxygens (including phenoxy) is 1. The van der Waals surface area contributed by atoms with E-state index in [-0.39, 0.29) is 31.0 Å². The van der Waals surface area contributed by atoms with Gasteiger partial charge in [-0.2, -0.15) is 0 Å². The van der Waals surface area contributed by atoms with Crippen molar-refractivity contribution >= 4 is 30.8 Å². The highest BCUT2D eigenvalue weighted by molar-refractivity contribution is 6.53. The summed E-state index contributed by atoms with van der Waals surface area (Å²) in [5, 5.41) is 9.02. The van der Waals surface area contributed by atoms with Crippen LogP contribution in [0.3, 0.4) is 0 Å². The standard InChI is InChI=1S/C32H49BN6O6/c1-6-29(40)45-33(39(23-30(41)44-5)19-13-8-7-12-16-34-4)28(20-24(2)3)38-31(42)26(21-25-14-10-9-11-15-25)37-32(43)27-22-35-17-18-36-27/h9-11,14-15,17-18,22,24,26,28,34H,6-8,12-13,16,19-21,23H2,1-5H3,(H,37,43)(H,38,42)/t26-,28-/m0/s1. The first-order valence-electron chi connectivity index (χ1n) is 15.7. The fourth-order valence-corrected chi connectivity index (χ4v) is 4.87. The molecule has 2 amide bonds. The van der Waals surface area contributed by atoms with Gasteiger partial charge in [0.15, 0.2) is 0 Å². The van der Waals surface area contributed by atoms with E-state index in [0.29, 0.717) is 13.0 Å². The van der Waals surface area contributed by atoms with Crippen molar-refractivity contribution in [2.75, 3.05) is 33.8 Å². The zero-order valence-corrected chi connectivity index (χ0v) is 27.3. The normalized spacial score (nSPS) is 12.3. The van der Waals surface area contributed by atoms with Crippen molar-refractivity contribution < 1.29 is 28.6 Å². The SMILES string of the molecule is CCC(=O)OB([C@H](CC(C)C)NC(=O)[C@H](Cc1ccccc1)NC(=O)c1cnccn1)N(CCCCCCNC)CC(=O)OC. The quantitative estimate of drug-likeness (QED) is 0.107. The minimum atomic E-state index is -0.972. The van der Waals surface area contributed by atoms with Crippen LogP contribution in [-0.2, 0) is 30.2 Å². The molecular formula is C32H49BN6O6. The van der Waals surface area contributed by atoms with Gasteiger partial charge in [0.2, 0.25) is 5.91 Å². The Labute approximate surface area is 267 Å². The molecule has 0 aliphatic carbocycles. The average Bonchev–Trinajstić information content (AvgIpc) is 3.04. The first-order valence-corrected chi connectivity index (χ1v) is 15.7. The van der Waals surface area contributed by atoms with Crippen LogP contribution in [0.4, 0.5) is 0 Å². The van der Waals surface area contributed by atoms with Gasteiger partial charge in [-0.3, -0.25) is 29.0 Å². The molecule has 0 aliphatic rings. The predicted octanol–water partition coefficient (Wildman–Crippen LogP) is 2.58. The summed E-state index contributed by atoms with van der Waals surface area (Å²) < 4.78 is 10.9. The van der Waals surface area contributed by atoms with Crippen molar-refractivity contribution in [2.24, 2.45) is 5.92 Å². The molecule has 2 rings (SSSR count). The molecule has 13 heteroatoms. The third kappa shape index (κ3) is 14.2. The predicted molar refractivity (Wildman–Crippen MR) is 173 cm³/mol. The van der Waals surface area contributed by atoms with Gasteiger partial charge in [-0.15, -0.1) is 0 Å². The van der Waals surface area contributed by atoms with Crippen LogP contribution in [0, 0.1) is 5.92 Å². The Kier molecular flexibility index (Phi) is 17.4. The van der Waals surface area contributed by atoms with Gasteiger partial charge in [0.05, 0.1) is 25.8 Å². The number of methoxy groups -OCH3 is 1. The molecule has 2 aromatic rings. The number of benzene rings is 1.